The van der Waals surface area contributed by atoms with E-state index in [4.69, 9.17) is 5.11 Å². The molecule has 0 aromatic heterocycles. The van der Waals surface area contributed by atoms with Crippen LogP contribution in [0.25, 0.3) is 0 Å². The number of carbonyl (C=O) groups is 2. The fourth-order valence-electron chi connectivity index (χ4n) is 2.88. The predicted octanol–water partition coefficient (Wildman–Crippen LogP) is 2.47. The maximum atomic E-state index is 13.1. The van der Waals surface area contributed by atoms with Crippen molar-refractivity contribution in [2.24, 2.45) is 5.92 Å². The van der Waals surface area contributed by atoms with Gasteiger partial charge in [-0.05, 0) is 42.9 Å². The van der Waals surface area contributed by atoms with E-state index in [0.717, 1.165) is 12.0 Å². The molecule has 2 rings (SSSR count). The number of nitrogens with zero attached hydrogens (tertiary/aromatic N) is 1. The fraction of sp³-hybridized carbons (Fsp3) is 0.500. The molecule has 4 nitrogen and oxygen atoms in total. The minimum atomic E-state index is -0.932. The van der Waals surface area contributed by atoms with Gasteiger partial charge in [-0.3, -0.25) is 4.79 Å². The Bertz CT molecular complexity index is 532. The van der Waals surface area contributed by atoms with Gasteiger partial charge in [-0.2, -0.15) is 0 Å². The quantitative estimate of drug-likeness (QED) is 0.907. The number of rotatable bonds is 5. The lowest BCUT2D eigenvalue weighted by molar-refractivity contribution is -0.148. The van der Waals surface area contributed by atoms with Gasteiger partial charge in [0, 0.05) is 13.0 Å². The summed E-state index contributed by atoms with van der Waals surface area (Å²) < 4.78 is 13.1. The molecule has 0 radical (unpaired) electrons. The number of amides is 1. The minimum absolute atomic E-state index is 0.0503. The van der Waals surface area contributed by atoms with Gasteiger partial charge in [0.2, 0.25) is 5.91 Å². The Morgan fingerprint density at radius 2 is 2.24 bits per heavy atom. The van der Waals surface area contributed by atoms with E-state index in [1.165, 1.54) is 17.0 Å². The molecule has 0 aliphatic carbocycles. The number of carboxylic acid groups (broad SMARTS) is 1. The number of likely N-dealkylation sites (tertiary alicyclic amines) is 1. The van der Waals surface area contributed by atoms with Gasteiger partial charge >= 0.3 is 5.97 Å². The number of hydrogen-bond donors (Lipinski definition) is 1. The highest BCUT2D eigenvalue weighted by molar-refractivity contribution is 5.84. The summed E-state index contributed by atoms with van der Waals surface area (Å²) >= 11 is 0. The van der Waals surface area contributed by atoms with E-state index in [1.807, 2.05) is 13.0 Å². The Balaban J connectivity index is 1.91. The van der Waals surface area contributed by atoms with Crippen LogP contribution in [0.1, 0.15) is 31.7 Å². The second kappa shape index (κ2) is 6.70. The number of carbonyl (C=O) groups excluding carboxylic acids is 1. The molecule has 1 N–H and O–H groups in total. The molecule has 1 fully saturated rings. The fourth-order valence-corrected chi connectivity index (χ4v) is 2.88. The molecule has 21 heavy (non-hydrogen) atoms. The first-order valence-electron chi connectivity index (χ1n) is 7.24. The topological polar surface area (TPSA) is 57.6 Å². The second-order valence-corrected chi connectivity index (χ2v) is 5.73. The lowest BCUT2D eigenvalue weighted by Crippen LogP contribution is -2.41. The Kier molecular flexibility index (Phi) is 4.94. The molecule has 0 spiro atoms. The van der Waals surface area contributed by atoms with Crippen LogP contribution in [-0.2, 0) is 16.0 Å². The molecule has 1 aromatic carbocycles. The Hall–Kier alpha value is -1.91. The van der Waals surface area contributed by atoms with Crippen LogP contribution in [0.5, 0.6) is 0 Å². The van der Waals surface area contributed by atoms with E-state index < -0.39 is 12.0 Å². The first kappa shape index (κ1) is 15.5. The van der Waals surface area contributed by atoms with Gasteiger partial charge in [0.25, 0.3) is 0 Å². The first-order valence-corrected chi connectivity index (χ1v) is 7.24. The van der Waals surface area contributed by atoms with Crippen LogP contribution in [-0.4, -0.2) is 34.5 Å². The average molecular weight is 293 g/mol. The summed E-state index contributed by atoms with van der Waals surface area (Å²) in [4.78, 5) is 24.8. The Morgan fingerprint density at radius 3 is 2.90 bits per heavy atom. The van der Waals surface area contributed by atoms with E-state index in [9.17, 15) is 14.0 Å². The number of halogens is 1. The summed E-state index contributed by atoms with van der Waals surface area (Å²) in [6.07, 6.45) is 2.16. The highest BCUT2D eigenvalue weighted by Gasteiger charge is 2.34. The van der Waals surface area contributed by atoms with Crippen LogP contribution in [0.4, 0.5) is 4.39 Å². The molecule has 1 saturated heterocycles. The monoisotopic (exact) mass is 293 g/mol. The lowest BCUT2D eigenvalue weighted by Gasteiger charge is -2.23. The van der Waals surface area contributed by atoms with Crippen LogP contribution >= 0.6 is 0 Å². The van der Waals surface area contributed by atoms with Crippen LogP contribution < -0.4 is 0 Å². The third-order valence-corrected chi connectivity index (χ3v) is 3.85. The normalized spacial score (nSPS) is 19.5. The smallest absolute Gasteiger partial charge is 0.326 e. The average Bonchev–Trinajstić information content (AvgIpc) is 2.87. The molecule has 114 valence electrons. The van der Waals surface area contributed by atoms with Crippen molar-refractivity contribution in [2.45, 2.75) is 38.6 Å². The molecular weight excluding hydrogens is 273 g/mol. The van der Waals surface area contributed by atoms with Gasteiger partial charge in [0.1, 0.15) is 11.9 Å². The largest absolute Gasteiger partial charge is 0.480 e. The highest BCUT2D eigenvalue weighted by Crippen LogP contribution is 2.21. The number of hydrogen-bond acceptors (Lipinski definition) is 2. The molecule has 1 unspecified atom stereocenters. The molecule has 0 bridgehead atoms. The van der Waals surface area contributed by atoms with Crippen molar-refractivity contribution in [2.75, 3.05) is 6.54 Å². The maximum Gasteiger partial charge on any atom is 0.326 e. The van der Waals surface area contributed by atoms with E-state index in [0.29, 0.717) is 25.8 Å². The van der Waals surface area contributed by atoms with Gasteiger partial charge in [-0.1, -0.05) is 19.1 Å². The molecule has 2 atom stereocenters. The SMILES string of the molecule is CC(CC(=O)N1CCC[C@@H]1C(=O)O)Cc1cccc(F)c1. The summed E-state index contributed by atoms with van der Waals surface area (Å²) in [5.41, 5.74) is 0.853. The summed E-state index contributed by atoms with van der Waals surface area (Å²) in [7, 11) is 0. The molecular formula is C16H20FNO3. The van der Waals surface area contributed by atoms with Gasteiger partial charge in [-0.25, -0.2) is 9.18 Å². The summed E-state index contributed by atoms with van der Waals surface area (Å²) in [6.45, 7) is 2.44. The first-order chi connectivity index (χ1) is 9.97. The van der Waals surface area contributed by atoms with Gasteiger partial charge in [0.05, 0.1) is 0 Å². The minimum Gasteiger partial charge on any atom is -0.480 e. The number of carboxylic acids is 1. The van der Waals surface area contributed by atoms with E-state index >= 15 is 0 Å². The van der Waals surface area contributed by atoms with Crippen molar-refractivity contribution in [3.05, 3.63) is 35.6 Å². The Morgan fingerprint density at radius 1 is 1.48 bits per heavy atom. The van der Waals surface area contributed by atoms with E-state index in [1.54, 1.807) is 6.07 Å². The van der Waals surface area contributed by atoms with Crippen molar-refractivity contribution in [1.29, 1.82) is 0 Å². The van der Waals surface area contributed by atoms with Crippen molar-refractivity contribution in [1.82, 2.24) is 4.90 Å². The van der Waals surface area contributed by atoms with E-state index in [2.05, 4.69) is 0 Å². The zero-order chi connectivity index (χ0) is 15.4. The van der Waals surface area contributed by atoms with Crippen molar-refractivity contribution in [3.8, 4) is 0 Å². The Labute approximate surface area is 123 Å². The van der Waals surface area contributed by atoms with Crippen LogP contribution in [0.3, 0.4) is 0 Å². The zero-order valence-electron chi connectivity index (χ0n) is 12.1. The number of benzene rings is 1. The van der Waals surface area contributed by atoms with E-state index in [-0.39, 0.29) is 17.6 Å². The summed E-state index contributed by atoms with van der Waals surface area (Å²) in [6, 6.07) is 5.66. The molecule has 1 amide bonds. The van der Waals surface area contributed by atoms with Crippen LogP contribution in [0, 0.1) is 11.7 Å². The summed E-state index contributed by atoms with van der Waals surface area (Å²) in [5, 5.41) is 9.10. The van der Waals surface area contributed by atoms with Gasteiger partial charge < -0.3 is 10.0 Å². The van der Waals surface area contributed by atoms with Crippen molar-refractivity contribution in [3.63, 3.8) is 0 Å². The van der Waals surface area contributed by atoms with Crippen LogP contribution in [0.2, 0.25) is 0 Å². The van der Waals surface area contributed by atoms with Gasteiger partial charge in [-0.15, -0.1) is 0 Å². The highest BCUT2D eigenvalue weighted by atomic mass is 19.1. The standard InChI is InChI=1S/C16H20FNO3/c1-11(8-12-4-2-5-13(17)10-12)9-15(19)18-7-3-6-14(18)16(20)21/h2,4-5,10-11,14H,3,6-9H2,1H3,(H,20,21)/t11?,14-/m1/s1. The van der Waals surface area contributed by atoms with Crippen molar-refractivity contribution < 1.29 is 19.1 Å². The molecule has 5 heteroatoms. The molecule has 0 saturated carbocycles. The second-order valence-electron chi connectivity index (χ2n) is 5.73. The van der Waals surface area contributed by atoms with Crippen molar-refractivity contribution >= 4 is 11.9 Å². The number of aliphatic carboxylic acids is 1. The zero-order valence-corrected chi connectivity index (χ0v) is 12.1. The van der Waals surface area contributed by atoms with Crippen LogP contribution in [0.15, 0.2) is 24.3 Å². The van der Waals surface area contributed by atoms with Gasteiger partial charge in [0.15, 0.2) is 0 Å². The third-order valence-electron chi connectivity index (χ3n) is 3.85. The molecule has 1 heterocycles. The maximum absolute atomic E-state index is 13.1. The third kappa shape index (κ3) is 4.03. The predicted molar refractivity (Wildman–Crippen MR) is 76.3 cm³/mol. The molecule has 1 aromatic rings. The molecule has 1 aliphatic rings. The summed E-state index contributed by atoms with van der Waals surface area (Å²) in [5.74, 6) is -1.28. The molecule has 1 aliphatic heterocycles. The lowest BCUT2D eigenvalue weighted by atomic mass is 9.97.